The smallest absolute Gasteiger partial charge is 0.223 e. The molecule has 0 atom stereocenters. The maximum Gasteiger partial charge on any atom is 0.223 e. The summed E-state index contributed by atoms with van der Waals surface area (Å²) in [7, 11) is 0. The maximum atomic E-state index is 12.9. The van der Waals surface area contributed by atoms with Crippen LogP contribution in [0.1, 0.15) is 40.7 Å². The molecule has 6 nitrogen and oxygen atoms in total. The lowest BCUT2D eigenvalue weighted by atomic mass is 9.85. The molecular formula is C25H22N4O2. The first kappa shape index (κ1) is 19.2. The number of aromatic nitrogens is 3. The summed E-state index contributed by atoms with van der Waals surface area (Å²) in [6.45, 7) is 0.494. The third-order valence-electron chi connectivity index (χ3n) is 5.85. The topological polar surface area (TPSA) is 76.4 Å². The summed E-state index contributed by atoms with van der Waals surface area (Å²) in [4.78, 5) is 29.5. The van der Waals surface area contributed by atoms with E-state index in [1.165, 1.54) is 0 Å². The summed E-state index contributed by atoms with van der Waals surface area (Å²) in [5.74, 6) is 0.208. The molecule has 1 saturated carbocycles. The van der Waals surface area contributed by atoms with Crippen molar-refractivity contribution in [1.82, 2.24) is 19.9 Å². The first-order chi connectivity index (χ1) is 15.2. The van der Waals surface area contributed by atoms with Crippen LogP contribution in [0.4, 0.5) is 0 Å². The fourth-order valence-electron chi connectivity index (χ4n) is 3.86. The van der Waals surface area contributed by atoms with Gasteiger partial charge in [-0.25, -0.2) is 9.50 Å². The van der Waals surface area contributed by atoms with Gasteiger partial charge in [-0.3, -0.25) is 9.59 Å². The van der Waals surface area contributed by atoms with Gasteiger partial charge in [0.2, 0.25) is 5.91 Å². The summed E-state index contributed by atoms with van der Waals surface area (Å²) in [5.41, 5.74) is 4.40. The molecule has 0 unspecified atom stereocenters. The van der Waals surface area contributed by atoms with Crippen molar-refractivity contribution >= 4 is 17.3 Å². The Balaban J connectivity index is 1.43. The molecule has 154 valence electrons. The second-order valence-electron chi connectivity index (χ2n) is 7.86. The molecule has 0 spiro atoms. The normalized spacial score (nSPS) is 13.7. The fraction of sp³-hybridized carbons (Fsp3) is 0.200. The first-order valence-corrected chi connectivity index (χ1v) is 10.5. The van der Waals surface area contributed by atoms with Crippen LogP contribution < -0.4 is 5.32 Å². The van der Waals surface area contributed by atoms with Gasteiger partial charge >= 0.3 is 0 Å². The van der Waals surface area contributed by atoms with Crippen LogP contribution in [0, 0.1) is 5.92 Å². The Morgan fingerprint density at radius 3 is 2.65 bits per heavy atom. The first-order valence-electron chi connectivity index (χ1n) is 10.5. The van der Waals surface area contributed by atoms with Gasteiger partial charge in [-0.15, -0.1) is 0 Å². The van der Waals surface area contributed by atoms with E-state index in [0.29, 0.717) is 23.3 Å². The summed E-state index contributed by atoms with van der Waals surface area (Å²) < 4.78 is 1.70. The standard InChI is InChI=1S/C25H22N4O2/c30-23(18-7-2-1-3-8-18)21-16-28-29-22(12-13-26-24(21)29)20-11-4-6-17(14-20)15-27-25(31)19-9-5-10-19/h1-4,6-8,11-14,16,19H,5,9-10,15H2,(H,27,31). The highest BCUT2D eigenvalue weighted by molar-refractivity contribution is 6.12. The van der Waals surface area contributed by atoms with Crippen LogP contribution in [0.3, 0.4) is 0 Å². The number of ketones is 1. The molecule has 0 aliphatic heterocycles. The fourth-order valence-corrected chi connectivity index (χ4v) is 3.86. The number of nitrogens with zero attached hydrogens (tertiary/aromatic N) is 3. The van der Waals surface area contributed by atoms with Gasteiger partial charge in [0.15, 0.2) is 11.4 Å². The van der Waals surface area contributed by atoms with Crippen molar-refractivity contribution in [3.63, 3.8) is 0 Å². The van der Waals surface area contributed by atoms with Gasteiger partial charge in [-0.05, 0) is 30.5 Å². The van der Waals surface area contributed by atoms with Crippen LogP contribution in [-0.2, 0) is 11.3 Å². The Hall–Kier alpha value is -3.80. The third kappa shape index (κ3) is 3.72. The van der Waals surface area contributed by atoms with Crippen LogP contribution in [0.25, 0.3) is 16.9 Å². The number of rotatable bonds is 6. The van der Waals surface area contributed by atoms with Crippen LogP contribution in [0.15, 0.2) is 73.1 Å². The van der Waals surface area contributed by atoms with Crippen molar-refractivity contribution < 1.29 is 9.59 Å². The van der Waals surface area contributed by atoms with E-state index in [-0.39, 0.29) is 17.6 Å². The van der Waals surface area contributed by atoms with Crippen molar-refractivity contribution in [2.24, 2.45) is 5.92 Å². The summed E-state index contributed by atoms with van der Waals surface area (Å²) >= 11 is 0. The van der Waals surface area contributed by atoms with E-state index < -0.39 is 0 Å². The number of amides is 1. The van der Waals surface area contributed by atoms with Gasteiger partial charge in [0.1, 0.15) is 0 Å². The summed E-state index contributed by atoms with van der Waals surface area (Å²) in [6.07, 6.45) is 6.39. The molecule has 6 heteroatoms. The van der Waals surface area contributed by atoms with Crippen LogP contribution in [0.5, 0.6) is 0 Å². The molecule has 0 radical (unpaired) electrons. The van der Waals surface area contributed by atoms with Crippen molar-refractivity contribution in [3.8, 4) is 11.3 Å². The minimum Gasteiger partial charge on any atom is -0.352 e. The van der Waals surface area contributed by atoms with Crippen molar-refractivity contribution in [3.05, 3.63) is 89.7 Å². The van der Waals surface area contributed by atoms with Crippen LogP contribution >= 0.6 is 0 Å². The summed E-state index contributed by atoms with van der Waals surface area (Å²) in [5, 5.41) is 7.49. The van der Waals surface area contributed by atoms with E-state index >= 15 is 0 Å². The average molecular weight is 410 g/mol. The predicted octanol–water partition coefficient (Wildman–Crippen LogP) is 4.04. The van der Waals surface area contributed by atoms with E-state index in [0.717, 1.165) is 36.1 Å². The predicted molar refractivity (Wildman–Crippen MR) is 117 cm³/mol. The molecule has 1 aliphatic carbocycles. The minimum atomic E-state index is -0.104. The third-order valence-corrected chi connectivity index (χ3v) is 5.85. The average Bonchev–Trinajstić information content (AvgIpc) is 3.21. The monoisotopic (exact) mass is 410 g/mol. The zero-order valence-corrected chi connectivity index (χ0v) is 17.0. The van der Waals surface area contributed by atoms with E-state index in [1.54, 1.807) is 29.0 Å². The Morgan fingerprint density at radius 2 is 1.87 bits per heavy atom. The lowest BCUT2D eigenvalue weighted by molar-refractivity contribution is -0.127. The quantitative estimate of drug-likeness (QED) is 0.487. The molecule has 1 amide bonds. The molecule has 2 aromatic heterocycles. The SMILES string of the molecule is O=C(c1ccccc1)c1cnn2c(-c3cccc(CNC(=O)C4CCC4)c3)ccnc12. The number of benzene rings is 2. The lowest BCUT2D eigenvalue weighted by Gasteiger charge is -2.24. The Kier molecular flexibility index (Phi) is 5.04. The molecule has 1 N–H and O–H groups in total. The molecule has 2 aromatic carbocycles. The highest BCUT2D eigenvalue weighted by Crippen LogP contribution is 2.27. The van der Waals surface area contributed by atoms with Crippen molar-refractivity contribution in [1.29, 1.82) is 0 Å². The second kappa shape index (κ2) is 8.14. The molecular weight excluding hydrogens is 388 g/mol. The van der Waals surface area contributed by atoms with Crippen molar-refractivity contribution in [2.45, 2.75) is 25.8 Å². The number of hydrogen-bond donors (Lipinski definition) is 1. The summed E-state index contributed by atoms with van der Waals surface area (Å²) in [6, 6.07) is 19.0. The highest BCUT2D eigenvalue weighted by atomic mass is 16.2. The van der Waals surface area contributed by atoms with Gasteiger partial charge in [-0.2, -0.15) is 5.10 Å². The molecule has 0 bridgehead atoms. The number of hydrogen-bond acceptors (Lipinski definition) is 4. The molecule has 1 aliphatic rings. The number of carbonyl (C=O) groups excluding carboxylic acids is 2. The van der Waals surface area contributed by atoms with Crippen LogP contribution in [0.2, 0.25) is 0 Å². The molecule has 5 rings (SSSR count). The zero-order valence-electron chi connectivity index (χ0n) is 17.0. The van der Waals surface area contributed by atoms with E-state index in [9.17, 15) is 9.59 Å². The van der Waals surface area contributed by atoms with Gasteiger partial charge in [-0.1, -0.05) is 55.0 Å². The molecule has 0 saturated heterocycles. The zero-order chi connectivity index (χ0) is 21.2. The maximum absolute atomic E-state index is 12.9. The second-order valence-corrected chi connectivity index (χ2v) is 7.86. The molecule has 2 heterocycles. The van der Waals surface area contributed by atoms with Crippen LogP contribution in [-0.4, -0.2) is 26.3 Å². The van der Waals surface area contributed by atoms with Gasteiger partial charge in [0, 0.05) is 29.8 Å². The van der Waals surface area contributed by atoms with Crippen molar-refractivity contribution in [2.75, 3.05) is 0 Å². The van der Waals surface area contributed by atoms with E-state index in [1.807, 2.05) is 48.5 Å². The largest absolute Gasteiger partial charge is 0.352 e. The Morgan fingerprint density at radius 1 is 1.03 bits per heavy atom. The van der Waals surface area contributed by atoms with Gasteiger partial charge in [0.05, 0.1) is 17.5 Å². The number of carbonyl (C=O) groups is 2. The van der Waals surface area contributed by atoms with E-state index in [2.05, 4.69) is 15.4 Å². The number of nitrogens with one attached hydrogen (secondary N) is 1. The van der Waals surface area contributed by atoms with E-state index in [4.69, 9.17) is 0 Å². The molecule has 31 heavy (non-hydrogen) atoms. The molecule has 1 fully saturated rings. The highest BCUT2D eigenvalue weighted by Gasteiger charge is 2.24. The molecule has 4 aromatic rings. The van der Waals surface area contributed by atoms with Gasteiger partial charge in [0.25, 0.3) is 0 Å². The number of fused-ring (bicyclic) bond motifs is 1. The van der Waals surface area contributed by atoms with Gasteiger partial charge < -0.3 is 5.32 Å². The Labute approximate surface area is 179 Å². The minimum absolute atomic E-state index is 0.104. The Bertz CT molecular complexity index is 1260. The lowest BCUT2D eigenvalue weighted by Crippen LogP contribution is -2.33.